The van der Waals surface area contributed by atoms with E-state index in [0.717, 1.165) is 0 Å². The topological polar surface area (TPSA) is 40.6 Å². The molecule has 0 spiro atoms. The van der Waals surface area contributed by atoms with Crippen molar-refractivity contribution in [2.45, 2.75) is 10.9 Å². The molecule has 0 unspecified atom stereocenters. The molecular formula is C23H21ClN2O2S. The van der Waals surface area contributed by atoms with Gasteiger partial charge in [-0.05, 0) is 46.5 Å². The molecule has 0 amide bonds. The van der Waals surface area contributed by atoms with E-state index in [1.807, 2.05) is 0 Å². The van der Waals surface area contributed by atoms with Crippen LogP contribution in [0.3, 0.4) is 0 Å². The lowest BCUT2D eigenvalue weighted by Gasteiger charge is -2.38. The number of benzene rings is 3. The average molecular weight is 425 g/mol. The molecule has 148 valence electrons. The lowest BCUT2D eigenvalue weighted by molar-refractivity contribution is 0.158. The van der Waals surface area contributed by atoms with Crippen LogP contribution in [-0.4, -0.2) is 43.8 Å². The number of hydrogen-bond acceptors (Lipinski definition) is 3. The highest BCUT2D eigenvalue weighted by Crippen LogP contribution is 2.46. The van der Waals surface area contributed by atoms with Crippen molar-refractivity contribution in [3.8, 4) is 11.1 Å². The van der Waals surface area contributed by atoms with Gasteiger partial charge in [-0.2, -0.15) is 4.31 Å². The fraction of sp³-hybridized carbons (Fsp3) is 0.217. The van der Waals surface area contributed by atoms with Crippen molar-refractivity contribution in [3.63, 3.8) is 0 Å². The van der Waals surface area contributed by atoms with E-state index in [1.54, 1.807) is 28.6 Å². The van der Waals surface area contributed by atoms with Gasteiger partial charge in [0.25, 0.3) is 0 Å². The molecule has 3 aromatic rings. The van der Waals surface area contributed by atoms with Crippen molar-refractivity contribution in [3.05, 3.63) is 88.9 Å². The predicted molar refractivity (Wildman–Crippen MR) is 116 cm³/mol. The molecule has 0 bridgehead atoms. The highest BCUT2D eigenvalue weighted by atomic mass is 35.5. The third-order valence-corrected chi connectivity index (χ3v) is 8.06. The molecule has 2 aliphatic rings. The van der Waals surface area contributed by atoms with Crippen LogP contribution >= 0.6 is 11.6 Å². The lowest BCUT2D eigenvalue weighted by Crippen LogP contribution is -2.49. The molecule has 0 radical (unpaired) electrons. The van der Waals surface area contributed by atoms with E-state index in [9.17, 15) is 8.42 Å². The maximum atomic E-state index is 13.0. The van der Waals surface area contributed by atoms with Gasteiger partial charge >= 0.3 is 0 Å². The second-order valence-corrected chi connectivity index (χ2v) is 9.85. The van der Waals surface area contributed by atoms with Crippen LogP contribution in [0.4, 0.5) is 0 Å². The first-order chi connectivity index (χ1) is 14.1. The van der Waals surface area contributed by atoms with E-state index in [1.165, 1.54) is 22.3 Å². The summed E-state index contributed by atoms with van der Waals surface area (Å²) in [6, 6.07) is 23.6. The molecule has 0 N–H and O–H groups in total. The number of halogens is 1. The van der Waals surface area contributed by atoms with E-state index < -0.39 is 10.0 Å². The van der Waals surface area contributed by atoms with Gasteiger partial charge in [-0.15, -0.1) is 0 Å². The number of sulfonamides is 1. The Morgan fingerprint density at radius 3 is 1.79 bits per heavy atom. The molecule has 1 heterocycles. The summed E-state index contributed by atoms with van der Waals surface area (Å²) in [5.74, 6) is 0. The van der Waals surface area contributed by atoms with Gasteiger partial charge in [0.1, 0.15) is 0 Å². The molecule has 0 saturated carbocycles. The minimum atomic E-state index is -3.50. The number of nitrogens with zero attached hydrogens (tertiary/aromatic N) is 2. The maximum absolute atomic E-state index is 13.0. The van der Waals surface area contributed by atoms with Crippen LogP contribution < -0.4 is 0 Å². The molecule has 1 saturated heterocycles. The first-order valence-electron chi connectivity index (χ1n) is 9.74. The molecule has 0 atom stereocenters. The Bertz CT molecular complexity index is 1110. The predicted octanol–water partition coefficient (Wildman–Crippen LogP) is 4.42. The molecule has 6 heteroatoms. The quantitative estimate of drug-likeness (QED) is 0.625. The number of fused-ring (bicyclic) bond motifs is 3. The fourth-order valence-electron chi connectivity index (χ4n) is 4.48. The highest BCUT2D eigenvalue weighted by Gasteiger charge is 2.36. The number of piperazine rings is 1. The Labute approximate surface area is 176 Å². The molecule has 1 aliphatic carbocycles. The van der Waals surface area contributed by atoms with Crippen molar-refractivity contribution in [1.82, 2.24) is 9.21 Å². The fourth-order valence-corrected chi connectivity index (χ4v) is 6.03. The summed E-state index contributed by atoms with van der Waals surface area (Å²) in [5, 5.41) is 0.535. The lowest BCUT2D eigenvalue weighted by atomic mass is 10.0. The van der Waals surface area contributed by atoms with Crippen molar-refractivity contribution >= 4 is 21.6 Å². The Morgan fingerprint density at radius 2 is 1.24 bits per heavy atom. The van der Waals surface area contributed by atoms with E-state index in [0.29, 0.717) is 36.1 Å². The molecule has 1 aliphatic heterocycles. The van der Waals surface area contributed by atoms with Crippen LogP contribution in [0.15, 0.2) is 77.7 Å². The normalized spacial score (nSPS) is 17.8. The van der Waals surface area contributed by atoms with Gasteiger partial charge in [-0.3, -0.25) is 4.90 Å². The van der Waals surface area contributed by atoms with Gasteiger partial charge in [0.05, 0.1) is 10.9 Å². The third kappa shape index (κ3) is 3.19. The minimum absolute atomic E-state index is 0.183. The number of hydrogen-bond donors (Lipinski definition) is 0. The molecule has 1 fully saturated rings. The van der Waals surface area contributed by atoms with Crippen LogP contribution in [0.2, 0.25) is 5.02 Å². The van der Waals surface area contributed by atoms with E-state index in [2.05, 4.69) is 53.4 Å². The molecule has 4 nitrogen and oxygen atoms in total. The van der Waals surface area contributed by atoms with Crippen LogP contribution in [0, 0.1) is 0 Å². The molecule has 29 heavy (non-hydrogen) atoms. The van der Waals surface area contributed by atoms with E-state index >= 15 is 0 Å². The van der Waals surface area contributed by atoms with Gasteiger partial charge in [-0.25, -0.2) is 8.42 Å². The third-order valence-electron chi connectivity index (χ3n) is 5.89. The summed E-state index contributed by atoms with van der Waals surface area (Å²) in [4.78, 5) is 2.70. The molecular weight excluding hydrogens is 404 g/mol. The van der Waals surface area contributed by atoms with Gasteiger partial charge in [0.15, 0.2) is 0 Å². The Hall–Kier alpha value is -2.18. The van der Waals surface area contributed by atoms with Crippen LogP contribution in [0.25, 0.3) is 11.1 Å². The summed E-state index contributed by atoms with van der Waals surface area (Å²) in [6.45, 7) is 2.35. The first kappa shape index (κ1) is 18.8. The summed E-state index contributed by atoms with van der Waals surface area (Å²) in [7, 11) is -3.50. The monoisotopic (exact) mass is 424 g/mol. The number of rotatable bonds is 3. The highest BCUT2D eigenvalue weighted by molar-refractivity contribution is 7.89. The van der Waals surface area contributed by atoms with Gasteiger partial charge in [-0.1, -0.05) is 60.1 Å². The zero-order valence-corrected chi connectivity index (χ0v) is 17.4. The van der Waals surface area contributed by atoms with E-state index in [-0.39, 0.29) is 6.04 Å². The second-order valence-electron chi connectivity index (χ2n) is 7.47. The van der Waals surface area contributed by atoms with Crippen molar-refractivity contribution in [2.24, 2.45) is 0 Å². The van der Waals surface area contributed by atoms with Crippen LogP contribution in [-0.2, 0) is 10.0 Å². The summed E-state index contributed by atoms with van der Waals surface area (Å²) >= 11 is 5.91. The van der Waals surface area contributed by atoms with Crippen molar-refractivity contribution in [1.29, 1.82) is 0 Å². The molecule has 5 rings (SSSR count). The van der Waals surface area contributed by atoms with Crippen LogP contribution in [0.1, 0.15) is 17.2 Å². The Balaban J connectivity index is 1.39. The summed E-state index contributed by atoms with van der Waals surface area (Å²) < 4.78 is 27.6. The van der Waals surface area contributed by atoms with E-state index in [4.69, 9.17) is 11.6 Å². The summed E-state index contributed by atoms with van der Waals surface area (Å²) in [6.07, 6.45) is 0. The SMILES string of the molecule is O=S(=O)(c1ccc(Cl)cc1)N1CCN(C2c3ccccc3-c3ccccc32)CC1. The second kappa shape index (κ2) is 7.26. The molecule has 3 aromatic carbocycles. The minimum Gasteiger partial charge on any atom is -0.290 e. The zero-order chi connectivity index (χ0) is 20.0. The Morgan fingerprint density at radius 1 is 0.724 bits per heavy atom. The standard InChI is InChI=1S/C23H21ClN2O2S/c24-17-9-11-18(12-10-17)29(27,28)26-15-13-25(14-16-26)23-21-7-3-1-5-19(21)20-6-2-4-8-22(20)23/h1-12,23H,13-16H2. The van der Waals surface area contributed by atoms with Gasteiger partial charge in [0, 0.05) is 31.2 Å². The largest absolute Gasteiger partial charge is 0.290 e. The zero-order valence-electron chi connectivity index (χ0n) is 15.8. The summed E-state index contributed by atoms with van der Waals surface area (Å²) in [5.41, 5.74) is 5.18. The van der Waals surface area contributed by atoms with Crippen LogP contribution in [0.5, 0.6) is 0 Å². The smallest absolute Gasteiger partial charge is 0.243 e. The first-order valence-corrected chi connectivity index (χ1v) is 11.6. The van der Waals surface area contributed by atoms with Crippen molar-refractivity contribution in [2.75, 3.05) is 26.2 Å². The average Bonchev–Trinajstić information content (AvgIpc) is 3.09. The van der Waals surface area contributed by atoms with Gasteiger partial charge in [0.2, 0.25) is 10.0 Å². The van der Waals surface area contributed by atoms with Gasteiger partial charge < -0.3 is 0 Å². The molecule has 0 aromatic heterocycles. The maximum Gasteiger partial charge on any atom is 0.243 e. The van der Waals surface area contributed by atoms with Crippen molar-refractivity contribution < 1.29 is 8.42 Å². The Kier molecular flexibility index (Phi) is 4.71.